The molecular formula is C9H19NO2. The van der Waals surface area contributed by atoms with Crippen LogP contribution in [0.2, 0.25) is 0 Å². The van der Waals surface area contributed by atoms with E-state index >= 15 is 0 Å². The molecule has 1 aliphatic rings. The predicted molar refractivity (Wildman–Crippen MR) is 48.1 cm³/mol. The van der Waals surface area contributed by atoms with Crippen molar-refractivity contribution >= 4 is 0 Å². The summed E-state index contributed by atoms with van der Waals surface area (Å²) in [6.07, 6.45) is 2.34. The third kappa shape index (κ3) is 2.44. The Hall–Kier alpha value is -0.120. The molecule has 3 heteroatoms. The average Bonchev–Trinajstić information content (AvgIpc) is 2.47. The highest BCUT2D eigenvalue weighted by atomic mass is 16.5. The summed E-state index contributed by atoms with van der Waals surface area (Å²) in [7, 11) is 0. The van der Waals surface area contributed by atoms with Crippen LogP contribution in [-0.4, -0.2) is 36.5 Å². The lowest BCUT2D eigenvalue weighted by molar-refractivity contribution is 0.107. The van der Waals surface area contributed by atoms with Gasteiger partial charge in [-0.05, 0) is 19.8 Å². The van der Waals surface area contributed by atoms with Gasteiger partial charge in [0.05, 0.1) is 12.7 Å². The van der Waals surface area contributed by atoms with E-state index in [2.05, 4.69) is 19.2 Å². The molecule has 1 fully saturated rings. The number of hydrogen-bond donors (Lipinski definition) is 2. The molecule has 0 bridgehead atoms. The molecule has 2 N–H and O–H groups in total. The minimum atomic E-state index is 0.222. The Labute approximate surface area is 74.1 Å². The SMILES string of the molecule is CC[C@H](CO)N[C@@H]1CCO[C@H]1C. The number of aliphatic hydroxyl groups is 1. The van der Waals surface area contributed by atoms with E-state index in [1.54, 1.807) is 0 Å². The molecule has 0 aromatic carbocycles. The number of ether oxygens (including phenoxy) is 1. The first-order valence-electron chi connectivity index (χ1n) is 4.76. The van der Waals surface area contributed by atoms with E-state index in [4.69, 9.17) is 9.84 Å². The van der Waals surface area contributed by atoms with Crippen molar-refractivity contribution in [2.24, 2.45) is 0 Å². The third-order valence-electron chi connectivity index (χ3n) is 2.54. The molecule has 72 valence electrons. The molecule has 12 heavy (non-hydrogen) atoms. The number of nitrogens with one attached hydrogen (secondary N) is 1. The maximum atomic E-state index is 8.97. The monoisotopic (exact) mass is 173 g/mol. The van der Waals surface area contributed by atoms with Crippen molar-refractivity contribution in [2.45, 2.75) is 44.9 Å². The van der Waals surface area contributed by atoms with E-state index in [0.29, 0.717) is 12.1 Å². The summed E-state index contributed by atoms with van der Waals surface area (Å²) in [5.41, 5.74) is 0. The smallest absolute Gasteiger partial charge is 0.0700 e. The highest BCUT2D eigenvalue weighted by Gasteiger charge is 2.25. The van der Waals surface area contributed by atoms with Gasteiger partial charge in [-0.3, -0.25) is 0 Å². The molecule has 0 aliphatic carbocycles. The number of aliphatic hydroxyl groups excluding tert-OH is 1. The molecule has 1 rings (SSSR count). The van der Waals surface area contributed by atoms with Crippen LogP contribution in [-0.2, 0) is 4.74 Å². The standard InChI is InChI=1S/C9H19NO2/c1-3-8(6-11)10-9-4-5-12-7(9)2/h7-11H,3-6H2,1-2H3/t7-,8+,9+/m0/s1. The fourth-order valence-corrected chi connectivity index (χ4v) is 1.55. The Balaban J connectivity index is 2.28. The molecule has 1 aliphatic heterocycles. The van der Waals surface area contributed by atoms with Gasteiger partial charge in [-0.2, -0.15) is 0 Å². The van der Waals surface area contributed by atoms with Crippen LogP contribution in [0.4, 0.5) is 0 Å². The van der Waals surface area contributed by atoms with Crippen molar-refractivity contribution in [1.29, 1.82) is 0 Å². The Morgan fingerprint density at radius 1 is 1.67 bits per heavy atom. The molecule has 0 aromatic rings. The lowest BCUT2D eigenvalue weighted by atomic mass is 10.1. The molecule has 0 spiro atoms. The normalized spacial score (nSPS) is 32.2. The second-order valence-corrected chi connectivity index (χ2v) is 3.43. The highest BCUT2D eigenvalue weighted by molar-refractivity contribution is 4.82. The van der Waals surface area contributed by atoms with Crippen molar-refractivity contribution in [1.82, 2.24) is 5.32 Å². The Morgan fingerprint density at radius 3 is 2.83 bits per heavy atom. The minimum absolute atomic E-state index is 0.222. The third-order valence-corrected chi connectivity index (χ3v) is 2.54. The van der Waals surface area contributed by atoms with Gasteiger partial charge in [0.1, 0.15) is 0 Å². The fraction of sp³-hybridized carbons (Fsp3) is 1.00. The van der Waals surface area contributed by atoms with Crippen LogP contribution in [0.1, 0.15) is 26.7 Å². The van der Waals surface area contributed by atoms with Crippen LogP contribution < -0.4 is 5.32 Å². The van der Waals surface area contributed by atoms with Gasteiger partial charge in [0.25, 0.3) is 0 Å². The van der Waals surface area contributed by atoms with Crippen LogP contribution in [0, 0.1) is 0 Å². The molecule has 0 aromatic heterocycles. The van der Waals surface area contributed by atoms with Crippen LogP contribution in [0.25, 0.3) is 0 Å². The van der Waals surface area contributed by atoms with Crippen LogP contribution in [0.3, 0.4) is 0 Å². The quantitative estimate of drug-likeness (QED) is 0.651. The molecule has 1 saturated heterocycles. The van der Waals surface area contributed by atoms with E-state index in [0.717, 1.165) is 19.4 Å². The zero-order valence-corrected chi connectivity index (χ0v) is 7.92. The van der Waals surface area contributed by atoms with Crippen LogP contribution >= 0.6 is 0 Å². The number of hydrogen-bond acceptors (Lipinski definition) is 3. The van der Waals surface area contributed by atoms with Gasteiger partial charge in [0.2, 0.25) is 0 Å². The first kappa shape index (κ1) is 9.96. The lowest BCUT2D eigenvalue weighted by Gasteiger charge is -2.21. The van der Waals surface area contributed by atoms with Gasteiger partial charge in [0, 0.05) is 18.7 Å². The first-order valence-corrected chi connectivity index (χ1v) is 4.76. The molecule has 0 radical (unpaired) electrons. The molecular weight excluding hydrogens is 154 g/mol. The summed E-state index contributed by atoms with van der Waals surface area (Å²) in [4.78, 5) is 0. The van der Waals surface area contributed by atoms with Crippen LogP contribution in [0.15, 0.2) is 0 Å². The van der Waals surface area contributed by atoms with E-state index < -0.39 is 0 Å². The van der Waals surface area contributed by atoms with Gasteiger partial charge in [0.15, 0.2) is 0 Å². The van der Waals surface area contributed by atoms with Gasteiger partial charge in [-0.1, -0.05) is 6.92 Å². The van der Waals surface area contributed by atoms with E-state index in [1.165, 1.54) is 0 Å². The zero-order chi connectivity index (χ0) is 8.97. The second kappa shape index (κ2) is 4.80. The van der Waals surface area contributed by atoms with Gasteiger partial charge in [-0.25, -0.2) is 0 Å². The molecule has 0 amide bonds. The first-order chi connectivity index (χ1) is 5.77. The Morgan fingerprint density at radius 2 is 2.42 bits per heavy atom. The molecule has 0 saturated carbocycles. The summed E-state index contributed by atoms with van der Waals surface area (Å²) in [6.45, 7) is 5.23. The highest BCUT2D eigenvalue weighted by Crippen LogP contribution is 2.13. The minimum Gasteiger partial charge on any atom is -0.395 e. The van der Waals surface area contributed by atoms with Gasteiger partial charge < -0.3 is 15.2 Å². The van der Waals surface area contributed by atoms with Crippen molar-refractivity contribution in [3.63, 3.8) is 0 Å². The van der Waals surface area contributed by atoms with Crippen molar-refractivity contribution in [2.75, 3.05) is 13.2 Å². The molecule has 1 heterocycles. The fourth-order valence-electron chi connectivity index (χ4n) is 1.55. The topological polar surface area (TPSA) is 41.5 Å². The van der Waals surface area contributed by atoms with E-state index in [-0.39, 0.29) is 12.6 Å². The summed E-state index contributed by atoms with van der Waals surface area (Å²) < 4.78 is 5.41. The number of rotatable bonds is 4. The maximum Gasteiger partial charge on any atom is 0.0700 e. The summed E-state index contributed by atoms with van der Waals surface area (Å²) in [6, 6.07) is 0.668. The van der Waals surface area contributed by atoms with E-state index in [9.17, 15) is 0 Å². The van der Waals surface area contributed by atoms with Gasteiger partial charge >= 0.3 is 0 Å². The molecule has 0 unspecified atom stereocenters. The summed E-state index contributed by atoms with van der Waals surface area (Å²) in [5, 5.41) is 12.4. The lowest BCUT2D eigenvalue weighted by Crippen LogP contribution is -2.43. The Kier molecular flexibility index (Phi) is 3.98. The maximum absolute atomic E-state index is 8.97. The second-order valence-electron chi connectivity index (χ2n) is 3.43. The largest absolute Gasteiger partial charge is 0.395 e. The van der Waals surface area contributed by atoms with Crippen molar-refractivity contribution < 1.29 is 9.84 Å². The van der Waals surface area contributed by atoms with Gasteiger partial charge in [-0.15, -0.1) is 0 Å². The zero-order valence-electron chi connectivity index (χ0n) is 7.92. The average molecular weight is 173 g/mol. The summed E-state index contributed by atoms with van der Waals surface area (Å²) >= 11 is 0. The molecule has 3 nitrogen and oxygen atoms in total. The van der Waals surface area contributed by atoms with Crippen LogP contribution in [0.5, 0.6) is 0 Å². The summed E-state index contributed by atoms with van der Waals surface area (Å²) in [5.74, 6) is 0. The van der Waals surface area contributed by atoms with Crippen molar-refractivity contribution in [3.8, 4) is 0 Å². The molecule has 3 atom stereocenters. The predicted octanol–water partition coefficient (Wildman–Crippen LogP) is 0.524. The Bertz CT molecular complexity index is 126. The van der Waals surface area contributed by atoms with Crippen molar-refractivity contribution in [3.05, 3.63) is 0 Å². The van der Waals surface area contributed by atoms with E-state index in [1.807, 2.05) is 0 Å².